The second-order valence-corrected chi connectivity index (χ2v) is 9.05. The lowest BCUT2D eigenvalue weighted by atomic mass is 10.0. The predicted octanol–water partition coefficient (Wildman–Crippen LogP) is 6.57. The molecule has 1 aliphatic heterocycles. The Morgan fingerprint density at radius 2 is 2.13 bits per heavy atom. The fourth-order valence-electron chi connectivity index (χ4n) is 3.42. The molecule has 0 radical (unpaired) electrons. The summed E-state index contributed by atoms with van der Waals surface area (Å²) < 4.78 is 19.2. The predicted molar refractivity (Wildman–Crippen MR) is 123 cm³/mol. The van der Waals surface area contributed by atoms with Gasteiger partial charge in [-0.15, -0.1) is 23.5 Å². The number of thioether (sulfide) groups is 2. The number of benzene rings is 2. The number of ether oxygens (including phenoxy) is 1. The van der Waals surface area contributed by atoms with E-state index in [1.165, 1.54) is 24.8 Å². The summed E-state index contributed by atoms with van der Waals surface area (Å²) in [5.41, 5.74) is 2.04. The van der Waals surface area contributed by atoms with Gasteiger partial charge in [-0.2, -0.15) is 0 Å². The van der Waals surface area contributed by atoms with Crippen LogP contribution in [0, 0.1) is 11.7 Å². The van der Waals surface area contributed by atoms with Gasteiger partial charge in [0.2, 0.25) is 0 Å². The Morgan fingerprint density at radius 1 is 1.37 bits per heavy atom. The minimum atomic E-state index is -1.05. The highest BCUT2D eigenvalue weighted by atomic mass is 32.2. The quantitative estimate of drug-likeness (QED) is 0.280. The number of nitrogens with zero attached hydrogens (tertiary/aromatic N) is 1. The Bertz CT molecular complexity index is 902. The summed E-state index contributed by atoms with van der Waals surface area (Å²) in [6.45, 7) is 3.08. The minimum Gasteiger partial charge on any atom is -0.478 e. The van der Waals surface area contributed by atoms with Crippen LogP contribution >= 0.6 is 23.5 Å². The molecule has 3 rings (SSSR count). The van der Waals surface area contributed by atoms with Crippen LogP contribution < -0.4 is 9.64 Å². The molecule has 0 bridgehead atoms. The standard InChI is InChI=1S/C23H26FNO3S2/c1-3-4-5-16-14-25(18-8-6-17(24)7-9-18)19-12-22(29-2)20(13-21(19)30-15-16)28-11-10-23(26)27/h6-13,16H,3-5,14-15H2,1-2H3,(H,26,27)/b11-10+/t16-/m0/s1. The van der Waals surface area contributed by atoms with Crippen molar-refractivity contribution in [3.63, 3.8) is 0 Å². The van der Waals surface area contributed by atoms with Crippen molar-refractivity contribution in [3.8, 4) is 5.75 Å². The summed E-state index contributed by atoms with van der Waals surface area (Å²) in [6, 6.07) is 10.7. The number of rotatable bonds is 8. The Labute approximate surface area is 185 Å². The highest BCUT2D eigenvalue weighted by Gasteiger charge is 2.25. The lowest BCUT2D eigenvalue weighted by Crippen LogP contribution is -2.25. The first-order valence-corrected chi connectivity index (χ1v) is 12.2. The summed E-state index contributed by atoms with van der Waals surface area (Å²) in [6.07, 6.45) is 7.64. The minimum absolute atomic E-state index is 0.246. The molecule has 1 atom stereocenters. The molecule has 2 aromatic rings. The Hall–Kier alpha value is -2.12. The maximum absolute atomic E-state index is 13.5. The van der Waals surface area contributed by atoms with E-state index in [1.54, 1.807) is 23.5 Å². The second-order valence-electron chi connectivity index (χ2n) is 7.14. The SMILES string of the molecule is CCCC[C@@H]1CSc2cc(O/C=C/C(=O)O)c(SC)cc2N(c2ccc(F)cc2)C1. The third-order valence-electron chi connectivity index (χ3n) is 4.96. The molecule has 0 saturated carbocycles. The van der Waals surface area contributed by atoms with E-state index in [1.807, 2.05) is 24.5 Å². The molecule has 2 aromatic carbocycles. The van der Waals surface area contributed by atoms with Gasteiger partial charge in [0.1, 0.15) is 11.6 Å². The summed E-state index contributed by atoms with van der Waals surface area (Å²) in [5, 5.41) is 8.82. The van der Waals surface area contributed by atoms with Gasteiger partial charge in [0.25, 0.3) is 0 Å². The molecule has 0 aromatic heterocycles. The molecular formula is C23H26FNO3S2. The molecule has 0 fully saturated rings. The van der Waals surface area contributed by atoms with E-state index in [4.69, 9.17) is 9.84 Å². The first kappa shape index (κ1) is 22.6. The zero-order valence-electron chi connectivity index (χ0n) is 17.1. The zero-order valence-corrected chi connectivity index (χ0v) is 18.8. The van der Waals surface area contributed by atoms with Crippen LogP contribution in [-0.2, 0) is 4.79 Å². The van der Waals surface area contributed by atoms with Gasteiger partial charge in [-0.05, 0) is 55.0 Å². The smallest absolute Gasteiger partial charge is 0.331 e. The fourth-order valence-corrected chi connectivity index (χ4v) is 5.16. The highest BCUT2D eigenvalue weighted by molar-refractivity contribution is 7.99. The molecule has 1 heterocycles. The van der Waals surface area contributed by atoms with Crippen molar-refractivity contribution >= 4 is 40.9 Å². The third kappa shape index (κ3) is 5.73. The lowest BCUT2D eigenvalue weighted by Gasteiger charge is -2.28. The molecule has 0 unspecified atom stereocenters. The number of halogens is 1. The average molecular weight is 448 g/mol. The van der Waals surface area contributed by atoms with E-state index in [0.717, 1.165) is 52.4 Å². The summed E-state index contributed by atoms with van der Waals surface area (Å²) in [4.78, 5) is 15.0. The normalized spacial score (nSPS) is 16.4. The largest absolute Gasteiger partial charge is 0.478 e. The van der Waals surface area contributed by atoms with Crippen molar-refractivity contribution in [2.45, 2.75) is 36.0 Å². The van der Waals surface area contributed by atoms with Gasteiger partial charge in [0, 0.05) is 22.9 Å². The van der Waals surface area contributed by atoms with Gasteiger partial charge in [0.05, 0.1) is 22.9 Å². The monoisotopic (exact) mass is 447 g/mol. The molecule has 1 aliphatic rings. The van der Waals surface area contributed by atoms with Crippen molar-refractivity contribution in [1.29, 1.82) is 0 Å². The highest BCUT2D eigenvalue weighted by Crippen LogP contribution is 2.45. The molecule has 160 valence electrons. The molecule has 0 spiro atoms. The maximum Gasteiger partial charge on any atom is 0.331 e. The number of carbonyl (C=O) groups is 1. The van der Waals surface area contributed by atoms with Crippen LogP contribution in [0.5, 0.6) is 5.75 Å². The van der Waals surface area contributed by atoms with Crippen LogP contribution in [-0.4, -0.2) is 29.6 Å². The number of hydrogen-bond donors (Lipinski definition) is 1. The van der Waals surface area contributed by atoms with Gasteiger partial charge in [-0.1, -0.05) is 19.8 Å². The van der Waals surface area contributed by atoms with E-state index in [2.05, 4.69) is 17.9 Å². The van der Waals surface area contributed by atoms with E-state index in [9.17, 15) is 9.18 Å². The van der Waals surface area contributed by atoms with Crippen LogP contribution in [0.15, 0.2) is 58.5 Å². The zero-order chi connectivity index (χ0) is 21.5. The topological polar surface area (TPSA) is 49.8 Å². The van der Waals surface area contributed by atoms with Gasteiger partial charge in [-0.3, -0.25) is 0 Å². The van der Waals surface area contributed by atoms with Gasteiger partial charge in [-0.25, -0.2) is 9.18 Å². The van der Waals surface area contributed by atoms with E-state index in [-0.39, 0.29) is 5.82 Å². The van der Waals surface area contributed by atoms with Crippen LogP contribution in [0.1, 0.15) is 26.2 Å². The van der Waals surface area contributed by atoms with Crippen LogP contribution in [0.2, 0.25) is 0 Å². The number of anilines is 2. The van der Waals surface area contributed by atoms with E-state index >= 15 is 0 Å². The number of unbranched alkanes of at least 4 members (excludes halogenated alkanes) is 1. The molecule has 0 amide bonds. The molecule has 4 nitrogen and oxygen atoms in total. The molecule has 1 N–H and O–H groups in total. The molecule has 0 saturated heterocycles. The van der Waals surface area contributed by atoms with Gasteiger partial charge in [0.15, 0.2) is 0 Å². The summed E-state index contributed by atoms with van der Waals surface area (Å²) in [5.74, 6) is 0.850. The molecular weight excluding hydrogens is 421 g/mol. The fraction of sp³-hybridized carbons (Fsp3) is 0.348. The van der Waals surface area contributed by atoms with Gasteiger partial charge >= 0.3 is 5.97 Å². The van der Waals surface area contributed by atoms with Crippen molar-refractivity contribution in [3.05, 3.63) is 54.6 Å². The summed E-state index contributed by atoms with van der Waals surface area (Å²) in [7, 11) is 0. The third-order valence-corrected chi connectivity index (χ3v) is 7.00. The van der Waals surface area contributed by atoms with Crippen molar-refractivity contribution < 1.29 is 19.0 Å². The first-order valence-electron chi connectivity index (χ1n) is 9.96. The first-order chi connectivity index (χ1) is 14.5. The Morgan fingerprint density at radius 3 is 2.80 bits per heavy atom. The van der Waals surface area contributed by atoms with Crippen molar-refractivity contribution in [1.82, 2.24) is 0 Å². The average Bonchev–Trinajstić information content (AvgIpc) is 2.91. The number of hydrogen-bond acceptors (Lipinski definition) is 5. The summed E-state index contributed by atoms with van der Waals surface area (Å²) >= 11 is 3.34. The molecule has 7 heteroatoms. The molecule has 30 heavy (non-hydrogen) atoms. The van der Waals surface area contributed by atoms with Crippen LogP contribution in [0.25, 0.3) is 0 Å². The second kappa shape index (κ2) is 10.8. The Balaban J connectivity index is 2.00. The Kier molecular flexibility index (Phi) is 8.10. The lowest BCUT2D eigenvalue weighted by molar-refractivity contribution is -0.131. The van der Waals surface area contributed by atoms with E-state index in [0.29, 0.717) is 11.7 Å². The van der Waals surface area contributed by atoms with Crippen LogP contribution in [0.3, 0.4) is 0 Å². The maximum atomic E-state index is 13.5. The number of carboxylic acid groups (broad SMARTS) is 1. The van der Waals surface area contributed by atoms with E-state index < -0.39 is 5.97 Å². The number of aliphatic carboxylic acids is 1. The van der Waals surface area contributed by atoms with Crippen molar-refractivity contribution in [2.24, 2.45) is 5.92 Å². The molecule has 0 aliphatic carbocycles. The van der Waals surface area contributed by atoms with Gasteiger partial charge < -0.3 is 14.7 Å². The number of carboxylic acids is 1. The number of fused-ring (bicyclic) bond motifs is 1. The van der Waals surface area contributed by atoms with Crippen molar-refractivity contribution in [2.75, 3.05) is 23.5 Å². The van der Waals surface area contributed by atoms with Crippen LogP contribution in [0.4, 0.5) is 15.8 Å².